The minimum absolute atomic E-state index is 0.0748. The number of amides is 1. The summed E-state index contributed by atoms with van der Waals surface area (Å²) in [5, 5.41) is 2.63. The third kappa shape index (κ3) is 7.14. The van der Waals surface area contributed by atoms with Crippen LogP contribution in [0.5, 0.6) is 11.6 Å². The quantitative estimate of drug-likeness (QED) is 0.673. The highest BCUT2D eigenvalue weighted by molar-refractivity contribution is 5.96. The zero-order valence-electron chi connectivity index (χ0n) is 14.6. The number of hydrogen-bond donors (Lipinski definition) is 1. The van der Waals surface area contributed by atoms with Gasteiger partial charge in [-0.3, -0.25) is 4.79 Å². The third-order valence-electron chi connectivity index (χ3n) is 3.30. The molecule has 6 nitrogen and oxygen atoms in total. The summed E-state index contributed by atoms with van der Waals surface area (Å²) in [4.78, 5) is 16.0. The molecule has 0 spiro atoms. The Hall–Kier alpha value is -2.81. The maximum Gasteiger partial charge on any atom is 0.422 e. The number of rotatable bonds is 9. The van der Waals surface area contributed by atoms with Crippen LogP contribution in [0.25, 0.3) is 0 Å². The van der Waals surface area contributed by atoms with Crippen molar-refractivity contribution >= 4 is 5.91 Å². The first-order chi connectivity index (χ1) is 12.9. The fourth-order valence-electron chi connectivity index (χ4n) is 2.09. The number of nitrogens with one attached hydrogen (secondary N) is 1. The Bertz CT molecular complexity index is 753. The van der Waals surface area contributed by atoms with E-state index in [-0.39, 0.29) is 18.0 Å². The maximum absolute atomic E-state index is 12.3. The first kappa shape index (κ1) is 20.5. The zero-order chi connectivity index (χ0) is 19.7. The number of carbonyl (C=O) groups is 1. The van der Waals surface area contributed by atoms with Gasteiger partial charge < -0.3 is 19.5 Å². The van der Waals surface area contributed by atoms with Gasteiger partial charge in [-0.25, -0.2) is 4.98 Å². The normalized spacial score (nSPS) is 11.1. The summed E-state index contributed by atoms with van der Waals surface area (Å²) in [6.07, 6.45) is -3.27. The van der Waals surface area contributed by atoms with Crippen molar-refractivity contribution < 1.29 is 32.2 Å². The smallest absolute Gasteiger partial charge is 0.422 e. The molecule has 0 aliphatic carbocycles. The van der Waals surface area contributed by atoms with E-state index in [0.29, 0.717) is 19.0 Å². The molecule has 0 fully saturated rings. The van der Waals surface area contributed by atoms with E-state index in [1.165, 1.54) is 18.3 Å². The van der Waals surface area contributed by atoms with E-state index in [1.807, 2.05) is 0 Å². The van der Waals surface area contributed by atoms with Crippen LogP contribution in [-0.4, -0.2) is 44.0 Å². The molecular weight excluding hydrogens is 365 g/mol. The fraction of sp³-hybridized carbons (Fsp3) is 0.333. The summed E-state index contributed by atoms with van der Waals surface area (Å²) in [6.45, 7) is -0.524. The van der Waals surface area contributed by atoms with Crippen LogP contribution in [0.1, 0.15) is 15.9 Å². The lowest BCUT2D eigenvalue weighted by Gasteiger charge is -2.12. The second-order valence-corrected chi connectivity index (χ2v) is 5.43. The first-order valence-electron chi connectivity index (χ1n) is 8.02. The van der Waals surface area contributed by atoms with Gasteiger partial charge in [0.2, 0.25) is 5.88 Å². The van der Waals surface area contributed by atoms with E-state index in [2.05, 4.69) is 15.0 Å². The topological polar surface area (TPSA) is 69.7 Å². The summed E-state index contributed by atoms with van der Waals surface area (Å²) >= 11 is 0. The van der Waals surface area contributed by atoms with Crippen molar-refractivity contribution in [3.8, 4) is 11.6 Å². The first-order valence-corrected chi connectivity index (χ1v) is 8.02. The van der Waals surface area contributed by atoms with E-state index in [4.69, 9.17) is 9.47 Å². The lowest BCUT2D eigenvalue weighted by Crippen LogP contribution is -2.25. The van der Waals surface area contributed by atoms with Crippen molar-refractivity contribution in [1.29, 1.82) is 0 Å². The number of aromatic nitrogens is 1. The van der Waals surface area contributed by atoms with Crippen molar-refractivity contribution in [2.75, 3.05) is 26.9 Å². The second kappa shape index (κ2) is 9.77. The number of alkyl halides is 3. The maximum atomic E-state index is 12.3. The zero-order valence-corrected chi connectivity index (χ0v) is 14.6. The molecule has 1 heterocycles. The number of hydrogen-bond acceptors (Lipinski definition) is 5. The summed E-state index contributed by atoms with van der Waals surface area (Å²) in [5.74, 6) is -0.343. The average molecular weight is 384 g/mol. The van der Waals surface area contributed by atoms with Gasteiger partial charge in [0.25, 0.3) is 5.91 Å². The van der Waals surface area contributed by atoms with Gasteiger partial charge >= 0.3 is 6.18 Å². The third-order valence-corrected chi connectivity index (χ3v) is 3.30. The lowest BCUT2D eigenvalue weighted by molar-refractivity contribution is -0.154. The van der Waals surface area contributed by atoms with E-state index >= 15 is 0 Å². The molecule has 1 aromatic heterocycles. The number of nitrogens with zero attached hydrogens (tertiary/aromatic N) is 1. The van der Waals surface area contributed by atoms with E-state index < -0.39 is 18.7 Å². The molecule has 1 N–H and O–H groups in total. The predicted octanol–water partition coefficient (Wildman–Crippen LogP) is 2.98. The molecule has 27 heavy (non-hydrogen) atoms. The molecule has 0 bridgehead atoms. The van der Waals surface area contributed by atoms with Crippen LogP contribution in [0.2, 0.25) is 0 Å². The fourth-order valence-corrected chi connectivity index (χ4v) is 2.09. The number of carbonyl (C=O) groups excluding carboxylic acids is 1. The molecule has 0 unspecified atom stereocenters. The van der Waals surface area contributed by atoms with Crippen molar-refractivity contribution in [1.82, 2.24) is 10.3 Å². The molecule has 2 rings (SSSR count). The van der Waals surface area contributed by atoms with Gasteiger partial charge in [-0.1, -0.05) is 12.1 Å². The van der Waals surface area contributed by atoms with Gasteiger partial charge in [-0.2, -0.15) is 13.2 Å². The molecule has 0 saturated heterocycles. The number of pyridine rings is 1. The Morgan fingerprint density at radius 3 is 2.70 bits per heavy atom. The summed E-state index contributed by atoms with van der Waals surface area (Å²) < 4.78 is 52.0. The Balaban J connectivity index is 1.97. The van der Waals surface area contributed by atoms with Crippen LogP contribution in [0, 0.1) is 0 Å². The van der Waals surface area contributed by atoms with Gasteiger partial charge in [0.1, 0.15) is 17.9 Å². The highest BCUT2D eigenvalue weighted by Gasteiger charge is 2.29. The van der Waals surface area contributed by atoms with Crippen LogP contribution in [0.4, 0.5) is 13.2 Å². The predicted molar refractivity (Wildman–Crippen MR) is 90.8 cm³/mol. The minimum Gasteiger partial charge on any atom is -0.491 e. The molecule has 0 aliphatic heterocycles. The van der Waals surface area contributed by atoms with Gasteiger partial charge in [-0.05, 0) is 29.8 Å². The molecule has 0 saturated carbocycles. The number of methoxy groups -OCH3 is 1. The van der Waals surface area contributed by atoms with E-state index in [1.54, 1.807) is 31.4 Å². The van der Waals surface area contributed by atoms with Gasteiger partial charge in [0.15, 0.2) is 6.61 Å². The van der Waals surface area contributed by atoms with Crippen molar-refractivity contribution in [2.45, 2.75) is 12.7 Å². The Labute approximate surface area is 154 Å². The standard InChI is InChI=1S/C18H19F3N2O4/c1-25-8-9-26-14-5-2-4-13(10-14)11-23-16(24)15-6-3-7-22-17(15)27-12-18(19,20)21/h2-7,10H,8-9,11-12H2,1H3,(H,23,24). The average Bonchev–Trinajstić information content (AvgIpc) is 2.65. The lowest BCUT2D eigenvalue weighted by atomic mass is 10.2. The molecule has 0 atom stereocenters. The molecule has 0 aliphatic rings. The monoisotopic (exact) mass is 384 g/mol. The van der Waals surface area contributed by atoms with Crippen molar-refractivity contribution in [3.63, 3.8) is 0 Å². The number of halogens is 3. The van der Waals surface area contributed by atoms with Crippen LogP contribution in [0.3, 0.4) is 0 Å². The van der Waals surface area contributed by atoms with Crippen molar-refractivity contribution in [2.24, 2.45) is 0 Å². The van der Waals surface area contributed by atoms with Crippen LogP contribution in [-0.2, 0) is 11.3 Å². The molecular formula is C18H19F3N2O4. The number of benzene rings is 1. The largest absolute Gasteiger partial charge is 0.491 e. The summed E-state index contributed by atoms with van der Waals surface area (Å²) in [6, 6.07) is 9.86. The molecule has 9 heteroatoms. The van der Waals surface area contributed by atoms with Gasteiger partial charge in [-0.15, -0.1) is 0 Å². The summed E-state index contributed by atoms with van der Waals surface area (Å²) in [5.41, 5.74) is 0.689. The molecule has 0 radical (unpaired) electrons. The van der Waals surface area contributed by atoms with E-state index in [0.717, 1.165) is 5.56 Å². The highest BCUT2D eigenvalue weighted by Crippen LogP contribution is 2.20. The highest BCUT2D eigenvalue weighted by atomic mass is 19.4. The van der Waals surface area contributed by atoms with Gasteiger partial charge in [0, 0.05) is 19.9 Å². The second-order valence-electron chi connectivity index (χ2n) is 5.43. The molecule has 1 aromatic carbocycles. The number of ether oxygens (including phenoxy) is 3. The Morgan fingerprint density at radius 2 is 1.96 bits per heavy atom. The van der Waals surface area contributed by atoms with Crippen molar-refractivity contribution in [3.05, 3.63) is 53.7 Å². The van der Waals surface area contributed by atoms with Crippen LogP contribution >= 0.6 is 0 Å². The van der Waals surface area contributed by atoms with E-state index in [9.17, 15) is 18.0 Å². The Kier molecular flexibility index (Phi) is 7.42. The van der Waals surface area contributed by atoms with Gasteiger partial charge in [0.05, 0.1) is 6.61 Å². The SMILES string of the molecule is COCCOc1cccc(CNC(=O)c2cccnc2OCC(F)(F)F)c1. The van der Waals surface area contributed by atoms with Crippen LogP contribution in [0.15, 0.2) is 42.6 Å². The molecule has 2 aromatic rings. The van der Waals surface area contributed by atoms with Crippen LogP contribution < -0.4 is 14.8 Å². The summed E-state index contributed by atoms with van der Waals surface area (Å²) in [7, 11) is 1.57. The molecule has 1 amide bonds. The minimum atomic E-state index is -4.52. The molecule has 146 valence electrons. The Morgan fingerprint density at radius 1 is 1.15 bits per heavy atom.